The summed E-state index contributed by atoms with van der Waals surface area (Å²) in [5.74, 6) is -0.937. The lowest BCUT2D eigenvalue weighted by Crippen LogP contribution is -2.31. The summed E-state index contributed by atoms with van der Waals surface area (Å²) in [6.45, 7) is 5.27. The van der Waals surface area contributed by atoms with Crippen molar-refractivity contribution < 1.29 is 14.3 Å². The summed E-state index contributed by atoms with van der Waals surface area (Å²) in [6, 6.07) is 14.6. The second-order valence-corrected chi connectivity index (χ2v) is 7.22. The number of aryl methyl sites for hydroxylation is 2. The summed E-state index contributed by atoms with van der Waals surface area (Å²) < 4.78 is 5.31. The van der Waals surface area contributed by atoms with Crippen LogP contribution in [0.2, 0.25) is 5.02 Å². The Labute approximate surface area is 175 Å². The molecule has 0 aliphatic heterocycles. The number of hydrogen-bond acceptors (Lipinski definition) is 4. The second kappa shape index (κ2) is 9.05. The number of ether oxygens (including phenoxy) is 1. The average Bonchev–Trinajstić information content (AvgIpc) is 2.72. The Balaban J connectivity index is 1.71. The van der Waals surface area contributed by atoms with E-state index < -0.39 is 11.9 Å². The Morgan fingerprint density at radius 2 is 1.83 bits per heavy atom. The molecule has 3 rings (SSSR count). The number of fused-ring (bicyclic) bond motifs is 1. The van der Waals surface area contributed by atoms with Crippen LogP contribution in [0.4, 0.5) is 0 Å². The van der Waals surface area contributed by atoms with Gasteiger partial charge in [-0.2, -0.15) is 0 Å². The van der Waals surface area contributed by atoms with Gasteiger partial charge in [0.25, 0.3) is 5.91 Å². The van der Waals surface area contributed by atoms with Gasteiger partial charge in [-0.05, 0) is 43.5 Å². The number of carbonyl (C=O) groups is 2. The van der Waals surface area contributed by atoms with Gasteiger partial charge in [-0.25, -0.2) is 4.79 Å². The van der Waals surface area contributed by atoms with Gasteiger partial charge in [0.15, 0.2) is 6.61 Å². The largest absolute Gasteiger partial charge is 0.452 e. The predicted molar refractivity (Wildman–Crippen MR) is 114 cm³/mol. The van der Waals surface area contributed by atoms with Crippen LogP contribution >= 0.6 is 11.6 Å². The highest BCUT2D eigenvalue weighted by atomic mass is 35.5. The first-order valence-corrected chi connectivity index (χ1v) is 9.89. The number of amides is 1. The Kier molecular flexibility index (Phi) is 6.49. The molecule has 29 heavy (non-hydrogen) atoms. The summed E-state index contributed by atoms with van der Waals surface area (Å²) in [7, 11) is 0. The minimum absolute atomic E-state index is 0.301. The molecule has 5 nitrogen and oxygen atoms in total. The number of rotatable bonds is 6. The number of halogens is 1. The van der Waals surface area contributed by atoms with Gasteiger partial charge >= 0.3 is 5.97 Å². The molecule has 2 aromatic carbocycles. The lowest BCUT2D eigenvalue weighted by Gasteiger charge is -2.16. The molecule has 0 radical (unpaired) electrons. The number of nitrogens with zero attached hydrogens (tertiary/aromatic N) is 1. The van der Waals surface area contributed by atoms with Crippen LogP contribution in [0.15, 0.2) is 48.5 Å². The number of para-hydroxylation sites is 1. The van der Waals surface area contributed by atoms with E-state index in [2.05, 4.69) is 10.3 Å². The molecule has 0 aliphatic carbocycles. The van der Waals surface area contributed by atoms with Crippen LogP contribution in [-0.2, 0) is 16.0 Å². The molecule has 6 heteroatoms. The highest BCUT2D eigenvalue weighted by molar-refractivity contribution is 6.31. The van der Waals surface area contributed by atoms with Crippen LogP contribution in [0.5, 0.6) is 0 Å². The molecule has 1 amide bonds. The third kappa shape index (κ3) is 4.57. The summed E-state index contributed by atoms with van der Waals surface area (Å²) in [4.78, 5) is 29.6. The zero-order valence-electron chi connectivity index (χ0n) is 16.7. The Hall–Kier alpha value is -2.92. The zero-order valence-corrected chi connectivity index (χ0v) is 17.4. The van der Waals surface area contributed by atoms with E-state index in [-0.39, 0.29) is 12.6 Å². The fourth-order valence-electron chi connectivity index (χ4n) is 3.36. The van der Waals surface area contributed by atoms with Crippen LogP contribution < -0.4 is 5.32 Å². The number of esters is 1. The minimum atomic E-state index is -0.543. The second-order valence-electron chi connectivity index (χ2n) is 6.82. The standard InChI is InChI=1S/C23H23ClN2O3/c1-4-19-22(14(2)16-9-6-8-12-20(16)26-19)23(28)29-13-21(27)25-15(3)17-10-5-7-11-18(17)24/h5-12,15H,4,13H2,1-3H3,(H,25,27)/t15-/m0/s1. The van der Waals surface area contributed by atoms with E-state index in [1.165, 1.54) is 0 Å². The highest BCUT2D eigenvalue weighted by Crippen LogP contribution is 2.24. The number of nitrogens with one attached hydrogen (secondary N) is 1. The van der Waals surface area contributed by atoms with Gasteiger partial charge in [-0.15, -0.1) is 0 Å². The fraction of sp³-hybridized carbons (Fsp3) is 0.261. The summed E-state index contributed by atoms with van der Waals surface area (Å²) in [5, 5.41) is 4.27. The van der Waals surface area contributed by atoms with Crippen molar-refractivity contribution in [2.24, 2.45) is 0 Å². The molecule has 1 heterocycles. The van der Waals surface area contributed by atoms with Crippen molar-refractivity contribution in [1.82, 2.24) is 10.3 Å². The molecule has 150 valence electrons. The normalized spacial score (nSPS) is 11.9. The molecule has 3 aromatic rings. The maximum absolute atomic E-state index is 12.7. The molecule has 1 N–H and O–H groups in total. The lowest BCUT2D eigenvalue weighted by molar-refractivity contribution is -0.124. The topological polar surface area (TPSA) is 68.3 Å². The van der Waals surface area contributed by atoms with E-state index in [4.69, 9.17) is 16.3 Å². The predicted octanol–water partition coefficient (Wildman–Crippen LogP) is 4.79. The molecule has 1 aromatic heterocycles. The smallest absolute Gasteiger partial charge is 0.340 e. The van der Waals surface area contributed by atoms with Crippen molar-refractivity contribution in [3.8, 4) is 0 Å². The van der Waals surface area contributed by atoms with Crippen molar-refractivity contribution >= 4 is 34.4 Å². The Morgan fingerprint density at radius 3 is 2.55 bits per heavy atom. The van der Waals surface area contributed by atoms with E-state index in [9.17, 15) is 9.59 Å². The van der Waals surface area contributed by atoms with E-state index in [0.717, 1.165) is 22.0 Å². The third-order valence-electron chi connectivity index (χ3n) is 4.85. The van der Waals surface area contributed by atoms with E-state index in [1.54, 1.807) is 6.07 Å². The first-order chi connectivity index (χ1) is 13.9. The SMILES string of the molecule is CCc1nc2ccccc2c(C)c1C(=O)OCC(=O)N[C@@H](C)c1ccccc1Cl. The number of aromatic nitrogens is 1. The van der Waals surface area contributed by atoms with E-state index in [0.29, 0.717) is 22.7 Å². The third-order valence-corrected chi connectivity index (χ3v) is 5.19. The molecule has 0 saturated heterocycles. The molecule has 0 saturated carbocycles. The Bertz CT molecular complexity index is 1070. The number of hydrogen-bond donors (Lipinski definition) is 1. The number of pyridine rings is 1. The molecule has 1 atom stereocenters. The minimum Gasteiger partial charge on any atom is -0.452 e. The maximum Gasteiger partial charge on any atom is 0.340 e. The quantitative estimate of drug-likeness (QED) is 0.593. The van der Waals surface area contributed by atoms with Crippen LogP contribution in [0.1, 0.15) is 47.1 Å². The van der Waals surface area contributed by atoms with Gasteiger partial charge in [0.2, 0.25) is 0 Å². The van der Waals surface area contributed by atoms with Gasteiger partial charge < -0.3 is 10.1 Å². The first-order valence-electron chi connectivity index (χ1n) is 9.51. The van der Waals surface area contributed by atoms with Crippen LogP contribution in [0.3, 0.4) is 0 Å². The van der Waals surface area contributed by atoms with Crippen LogP contribution in [0.25, 0.3) is 10.9 Å². The Morgan fingerprint density at radius 1 is 1.14 bits per heavy atom. The van der Waals surface area contributed by atoms with Crippen molar-refractivity contribution in [3.05, 3.63) is 75.9 Å². The molecule has 0 fully saturated rings. The van der Waals surface area contributed by atoms with Gasteiger partial charge in [-0.1, -0.05) is 54.9 Å². The number of carbonyl (C=O) groups excluding carboxylic acids is 2. The van der Waals surface area contributed by atoms with Crippen molar-refractivity contribution in [1.29, 1.82) is 0 Å². The van der Waals surface area contributed by atoms with Gasteiger partial charge in [-0.3, -0.25) is 9.78 Å². The van der Waals surface area contributed by atoms with Crippen molar-refractivity contribution in [2.75, 3.05) is 6.61 Å². The molecule has 0 aliphatic rings. The molecule has 0 unspecified atom stereocenters. The summed E-state index contributed by atoms with van der Waals surface area (Å²) >= 11 is 6.17. The summed E-state index contributed by atoms with van der Waals surface area (Å²) in [6.07, 6.45) is 0.589. The maximum atomic E-state index is 12.7. The zero-order chi connectivity index (χ0) is 21.0. The first kappa shape index (κ1) is 20.8. The number of benzene rings is 2. The molecule has 0 bridgehead atoms. The molecular formula is C23H23ClN2O3. The monoisotopic (exact) mass is 410 g/mol. The lowest BCUT2D eigenvalue weighted by atomic mass is 10.0. The summed E-state index contributed by atoms with van der Waals surface area (Å²) in [5.41, 5.74) is 3.54. The van der Waals surface area contributed by atoms with E-state index in [1.807, 2.05) is 63.2 Å². The fourth-order valence-corrected chi connectivity index (χ4v) is 3.66. The van der Waals surface area contributed by atoms with Crippen molar-refractivity contribution in [2.45, 2.75) is 33.2 Å². The van der Waals surface area contributed by atoms with Crippen LogP contribution in [-0.4, -0.2) is 23.5 Å². The van der Waals surface area contributed by atoms with Gasteiger partial charge in [0.1, 0.15) is 0 Å². The molecular weight excluding hydrogens is 388 g/mol. The average molecular weight is 411 g/mol. The van der Waals surface area contributed by atoms with Crippen molar-refractivity contribution in [3.63, 3.8) is 0 Å². The highest BCUT2D eigenvalue weighted by Gasteiger charge is 2.20. The van der Waals surface area contributed by atoms with Crippen LogP contribution in [0, 0.1) is 6.92 Å². The van der Waals surface area contributed by atoms with Gasteiger partial charge in [0, 0.05) is 10.4 Å². The van der Waals surface area contributed by atoms with Gasteiger partial charge in [0.05, 0.1) is 22.8 Å². The molecule has 0 spiro atoms. The van der Waals surface area contributed by atoms with E-state index >= 15 is 0 Å².